The van der Waals surface area contributed by atoms with Crippen molar-refractivity contribution in [3.8, 4) is 0 Å². The van der Waals surface area contributed by atoms with E-state index in [1.165, 1.54) is 32.4 Å². The largest absolute Gasteiger partial charge is 0.386 e. The van der Waals surface area contributed by atoms with E-state index in [-0.39, 0.29) is 0 Å². The van der Waals surface area contributed by atoms with Gasteiger partial charge < -0.3 is 20.1 Å². The van der Waals surface area contributed by atoms with Crippen LogP contribution in [-0.4, -0.2) is 60.5 Å². The number of ether oxygens (including phenoxy) is 1. The van der Waals surface area contributed by atoms with Crippen LogP contribution in [0.2, 0.25) is 0 Å². The molecule has 0 radical (unpaired) electrons. The zero-order chi connectivity index (χ0) is 14.2. The number of nitrogens with one attached hydrogen (secondary N) is 1. The molecule has 116 valence electrons. The zero-order valence-electron chi connectivity index (χ0n) is 13.0. The minimum Gasteiger partial charge on any atom is -0.386 e. The molecule has 0 amide bonds. The van der Waals surface area contributed by atoms with Crippen LogP contribution in [0.1, 0.15) is 39.5 Å². The second-order valence-electron chi connectivity index (χ2n) is 7.43. The molecule has 20 heavy (non-hydrogen) atoms. The van der Waals surface area contributed by atoms with Crippen molar-refractivity contribution in [2.45, 2.75) is 57.2 Å². The average Bonchev–Trinajstić information content (AvgIpc) is 2.82. The summed E-state index contributed by atoms with van der Waals surface area (Å²) in [4.78, 5) is 2.64. The molecule has 0 spiro atoms. The maximum atomic E-state index is 10.4. The van der Waals surface area contributed by atoms with Crippen LogP contribution in [0.15, 0.2) is 0 Å². The van der Waals surface area contributed by atoms with E-state index in [9.17, 15) is 5.11 Å². The van der Waals surface area contributed by atoms with Crippen LogP contribution in [-0.2, 0) is 4.74 Å². The molecule has 2 heterocycles. The van der Waals surface area contributed by atoms with Gasteiger partial charge in [-0.25, -0.2) is 0 Å². The standard InChI is InChI=1S/C16H30N2O2/c1-12(2)18-8-13-4-3-5-14(9-18)15(13)17-10-16(19)6-7-20-11-16/h12-15,17,19H,3-11H2,1-2H3. The van der Waals surface area contributed by atoms with Crippen molar-refractivity contribution in [3.05, 3.63) is 0 Å². The summed E-state index contributed by atoms with van der Waals surface area (Å²) in [5.41, 5.74) is -0.622. The van der Waals surface area contributed by atoms with E-state index >= 15 is 0 Å². The van der Waals surface area contributed by atoms with E-state index in [1.54, 1.807) is 0 Å². The Morgan fingerprint density at radius 2 is 2.00 bits per heavy atom. The van der Waals surface area contributed by atoms with Gasteiger partial charge in [0.25, 0.3) is 0 Å². The monoisotopic (exact) mass is 282 g/mol. The van der Waals surface area contributed by atoms with E-state index in [4.69, 9.17) is 4.74 Å². The minimum absolute atomic E-state index is 0.500. The van der Waals surface area contributed by atoms with Gasteiger partial charge in [0.2, 0.25) is 0 Å². The topological polar surface area (TPSA) is 44.7 Å². The lowest BCUT2D eigenvalue weighted by molar-refractivity contribution is -0.00322. The van der Waals surface area contributed by atoms with E-state index in [0.29, 0.717) is 31.8 Å². The van der Waals surface area contributed by atoms with Crippen LogP contribution in [0.25, 0.3) is 0 Å². The van der Waals surface area contributed by atoms with Gasteiger partial charge in [0, 0.05) is 44.7 Å². The maximum Gasteiger partial charge on any atom is 0.102 e. The molecule has 3 atom stereocenters. The SMILES string of the molecule is CC(C)N1CC2CCCC(C1)C2NCC1(O)CCOC1. The summed E-state index contributed by atoms with van der Waals surface area (Å²) in [6.45, 7) is 8.97. The van der Waals surface area contributed by atoms with Crippen molar-refractivity contribution in [2.75, 3.05) is 32.8 Å². The Labute approximate surface area is 122 Å². The van der Waals surface area contributed by atoms with Gasteiger partial charge in [0.1, 0.15) is 5.60 Å². The highest BCUT2D eigenvalue weighted by molar-refractivity contribution is 4.97. The van der Waals surface area contributed by atoms with Crippen molar-refractivity contribution < 1.29 is 9.84 Å². The highest BCUT2D eigenvalue weighted by atomic mass is 16.5. The molecule has 2 aliphatic heterocycles. The number of aliphatic hydroxyl groups is 1. The molecule has 0 aromatic carbocycles. The number of fused-ring (bicyclic) bond motifs is 2. The van der Waals surface area contributed by atoms with Crippen LogP contribution in [0.3, 0.4) is 0 Å². The first-order valence-electron chi connectivity index (χ1n) is 8.35. The van der Waals surface area contributed by atoms with Crippen molar-refractivity contribution in [3.63, 3.8) is 0 Å². The fourth-order valence-electron chi connectivity index (χ4n) is 4.27. The lowest BCUT2D eigenvalue weighted by Crippen LogP contribution is -2.60. The fourth-order valence-corrected chi connectivity index (χ4v) is 4.27. The normalized spacial score (nSPS) is 42.3. The Hall–Kier alpha value is -0.160. The molecule has 4 heteroatoms. The number of rotatable bonds is 4. The first-order valence-corrected chi connectivity index (χ1v) is 8.35. The molecule has 2 N–H and O–H groups in total. The van der Waals surface area contributed by atoms with Gasteiger partial charge in [0.05, 0.1) is 6.61 Å². The molecule has 4 nitrogen and oxygen atoms in total. The smallest absolute Gasteiger partial charge is 0.102 e. The number of hydrogen-bond acceptors (Lipinski definition) is 4. The molecule has 3 fully saturated rings. The summed E-state index contributed by atoms with van der Waals surface area (Å²) >= 11 is 0. The zero-order valence-corrected chi connectivity index (χ0v) is 13.0. The summed E-state index contributed by atoms with van der Waals surface area (Å²) in [5, 5.41) is 14.1. The molecule has 3 unspecified atom stereocenters. The van der Waals surface area contributed by atoms with Crippen molar-refractivity contribution in [1.29, 1.82) is 0 Å². The minimum atomic E-state index is -0.622. The van der Waals surface area contributed by atoms with Gasteiger partial charge in [-0.05, 0) is 38.5 Å². The van der Waals surface area contributed by atoms with Gasteiger partial charge in [-0.15, -0.1) is 0 Å². The Morgan fingerprint density at radius 3 is 2.55 bits per heavy atom. The van der Waals surface area contributed by atoms with Crippen molar-refractivity contribution in [2.24, 2.45) is 11.8 Å². The van der Waals surface area contributed by atoms with E-state index < -0.39 is 5.60 Å². The summed E-state index contributed by atoms with van der Waals surface area (Å²) in [7, 11) is 0. The molecule has 1 aliphatic carbocycles. The lowest BCUT2D eigenvalue weighted by atomic mass is 9.73. The Kier molecular flexibility index (Phi) is 4.37. The molecule has 2 bridgehead atoms. The molecule has 0 aromatic heterocycles. The second-order valence-corrected chi connectivity index (χ2v) is 7.43. The predicted octanol–water partition coefficient (Wildman–Crippen LogP) is 1.24. The third-order valence-electron chi connectivity index (χ3n) is 5.58. The number of likely N-dealkylation sites (tertiary alicyclic amines) is 1. The Balaban J connectivity index is 1.59. The van der Waals surface area contributed by atoms with E-state index in [1.807, 2.05) is 0 Å². The molecule has 0 aromatic rings. The van der Waals surface area contributed by atoms with Crippen molar-refractivity contribution in [1.82, 2.24) is 10.2 Å². The predicted molar refractivity (Wildman–Crippen MR) is 79.7 cm³/mol. The van der Waals surface area contributed by atoms with Crippen LogP contribution < -0.4 is 5.32 Å². The first-order chi connectivity index (χ1) is 9.57. The lowest BCUT2D eigenvalue weighted by Gasteiger charge is -2.49. The maximum absolute atomic E-state index is 10.4. The molecule has 3 rings (SSSR count). The third-order valence-corrected chi connectivity index (χ3v) is 5.58. The fraction of sp³-hybridized carbons (Fsp3) is 1.00. The quantitative estimate of drug-likeness (QED) is 0.814. The van der Waals surface area contributed by atoms with Gasteiger partial charge in [0.15, 0.2) is 0 Å². The number of hydrogen-bond donors (Lipinski definition) is 2. The number of nitrogens with zero attached hydrogens (tertiary/aromatic N) is 1. The van der Waals surface area contributed by atoms with E-state index in [0.717, 1.165) is 18.3 Å². The molecule has 1 saturated carbocycles. The molecule has 2 saturated heterocycles. The van der Waals surface area contributed by atoms with Crippen LogP contribution in [0, 0.1) is 11.8 Å². The highest BCUT2D eigenvalue weighted by Crippen LogP contribution is 2.36. The van der Waals surface area contributed by atoms with Gasteiger partial charge in [-0.1, -0.05) is 6.42 Å². The third kappa shape index (κ3) is 3.03. The van der Waals surface area contributed by atoms with Crippen molar-refractivity contribution >= 4 is 0 Å². The average molecular weight is 282 g/mol. The van der Waals surface area contributed by atoms with E-state index in [2.05, 4.69) is 24.1 Å². The second kappa shape index (κ2) is 5.91. The highest BCUT2D eigenvalue weighted by Gasteiger charge is 2.41. The number of piperidine rings is 1. The summed E-state index contributed by atoms with van der Waals surface area (Å²) in [6, 6.07) is 1.26. The summed E-state index contributed by atoms with van der Waals surface area (Å²) < 4.78 is 5.34. The summed E-state index contributed by atoms with van der Waals surface area (Å²) in [5.74, 6) is 1.52. The van der Waals surface area contributed by atoms with Gasteiger partial charge in [-0.2, -0.15) is 0 Å². The van der Waals surface area contributed by atoms with Gasteiger partial charge in [-0.3, -0.25) is 0 Å². The Morgan fingerprint density at radius 1 is 1.30 bits per heavy atom. The molecular formula is C16H30N2O2. The first kappa shape index (κ1) is 14.8. The molecular weight excluding hydrogens is 252 g/mol. The Bertz CT molecular complexity index is 314. The van der Waals surface area contributed by atoms with Gasteiger partial charge >= 0.3 is 0 Å². The van der Waals surface area contributed by atoms with Crippen LogP contribution >= 0.6 is 0 Å². The van der Waals surface area contributed by atoms with Crippen LogP contribution in [0.4, 0.5) is 0 Å². The summed E-state index contributed by atoms with van der Waals surface area (Å²) in [6.07, 6.45) is 4.84. The molecule has 3 aliphatic rings. The van der Waals surface area contributed by atoms with Crippen LogP contribution in [0.5, 0.6) is 0 Å².